The summed E-state index contributed by atoms with van der Waals surface area (Å²) in [5, 5.41) is 12.6. The number of rotatable bonds is 0. The number of hydrogen-bond donors (Lipinski definition) is 0. The monoisotopic (exact) mass is 412 g/mol. The zero-order valence-corrected chi connectivity index (χ0v) is 16.4. The Labute approximate surface area is 161 Å². The van der Waals surface area contributed by atoms with Gasteiger partial charge >= 0.3 is 5.91 Å². The first-order valence-electron chi connectivity index (χ1n) is 9.02. The molecule has 4 rings (SSSR count). The van der Waals surface area contributed by atoms with Crippen molar-refractivity contribution >= 4 is 27.4 Å². The summed E-state index contributed by atoms with van der Waals surface area (Å²) in [5.41, 5.74) is 7.24. The smallest absolute Gasteiger partial charge is 0.310 e. The number of hydroxylamine groups is 3. The standard InChI is InChI=1S/C21H21BrN2O2/c1-14(25)24(26)11-8-15(9-12-24)20-19-7-6-18(22)13-17(19)5-4-16-3-2-10-23-21(16)20/h2-3,6-7,10,13H,4-5,8-9,11-12H2,1H3. The largest absolute Gasteiger partial charge is 0.625 e. The highest BCUT2D eigenvalue weighted by Crippen LogP contribution is 2.39. The minimum absolute atomic E-state index is 0.294. The van der Waals surface area contributed by atoms with Crippen molar-refractivity contribution in [2.24, 2.45) is 0 Å². The first-order chi connectivity index (χ1) is 12.5. The minimum atomic E-state index is -0.709. The molecule has 1 aliphatic carbocycles. The molecule has 0 spiro atoms. The van der Waals surface area contributed by atoms with Crippen molar-refractivity contribution < 1.29 is 9.44 Å². The first kappa shape index (κ1) is 17.6. The molecule has 0 N–H and O–H groups in total. The quantitative estimate of drug-likeness (QED) is 0.475. The highest BCUT2D eigenvalue weighted by atomic mass is 79.9. The lowest BCUT2D eigenvalue weighted by atomic mass is 9.88. The molecule has 1 aromatic carbocycles. The second-order valence-electron chi connectivity index (χ2n) is 7.15. The Hall–Kier alpha value is -1.82. The zero-order valence-electron chi connectivity index (χ0n) is 14.8. The maximum absolute atomic E-state index is 12.6. The third-order valence-electron chi connectivity index (χ3n) is 5.61. The van der Waals surface area contributed by atoms with Crippen LogP contribution in [0.1, 0.15) is 42.1 Å². The minimum Gasteiger partial charge on any atom is -0.625 e. The number of benzene rings is 1. The number of nitrogens with zero attached hydrogens (tertiary/aromatic N) is 2. The summed E-state index contributed by atoms with van der Waals surface area (Å²) >= 11 is 3.58. The van der Waals surface area contributed by atoms with E-state index < -0.39 is 4.65 Å². The number of halogens is 1. The molecule has 0 bridgehead atoms. The van der Waals surface area contributed by atoms with Crippen LogP contribution >= 0.6 is 15.9 Å². The zero-order chi connectivity index (χ0) is 18.3. The topological polar surface area (TPSA) is 53.0 Å². The second-order valence-corrected chi connectivity index (χ2v) is 8.06. The molecule has 2 aliphatic rings. The molecule has 0 radical (unpaired) electrons. The van der Waals surface area contributed by atoms with Gasteiger partial charge in [0.1, 0.15) is 0 Å². The molecule has 1 fully saturated rings. The van der Waals surface area contributed by atoms with Crippen LogP contribution in [0.25, 0.3) is 5.57 Å². The molecule has 1 aromatic heterocycles. The Morgan fingerprint density at radius 2 is 1.85 bits per heavy atom. The molecule has 134 valence electrons. The number of carbonyl (C=O) groups is 1. The van der Waals surface area contributed by atoms with Gasteiger partial charge in [0.25, 0.3) is 0 Å². The van der Waals surface area contributed by atoms with Gasteiger partial charge in [-0.05, 0) is 53.3 Å². The Morgan fingerprint density at radius 1 is 1.12 bits per heavy atom. The van der Waals surface area contributed by atoms with E-state index in [1.165, 1.54) is 34.8 Å². The number of piperidine rings is 1. The summed E-state index contributed by atoms with van der Waals surface area (Å²) in [7, 11) is 0. The number of quaternary nitrogens is 1. The predicted octanol–water partition coefficient (Wildman–Crippen LogP) is 4.40. The molecule has 2 heterocycles. The van der Waals surface area contributed by atoms with E-state index in [2.05, 4.69) is 40.2 Å². The number of likely N-dealkylation sites (tertiary alicyclic amines) is 1. The van der Waals surface area contributed by atoms with Gasteiger partial charge in [0, 0.05) is 29.1 Å². The lowest BCUT2D eigenvalue weighted by molar-refractivity contribution is -0.806. The van der Waals surface area contributed by atoms with E-state index in [0.717, 1.165) is 23.0 Å². The molecule has 4 nitrogen and oxygen atoms in total. The lowest BCUT2D eigenvalue weighted by Crippen LogP contribution is -2.50. The summed E-state index contributed by atoms with van der Waals surface area (Å²) < 4.78 is 0.369. The van der Waals surface area contributed by atoms with Gasteiger partial charge in [-0.25, -0.2) is 4.79 Å². The SMILES string of the molecule is CC(=O)[N+]1([O-])CCC(=C2c3ccc(Br)cc3CCc3cccnc32)CC1. The number of fused-ring (bicyclic) bond motifs is 2. The maximum Gasteiger partial charge on any atom is 0.310 e. The average molecular weight is 413 g/mol. The van der Waals surface area contributed by atoms with Crippen molar-refractivity contribution in [1.29, 1.82) is 0 Å². The molecule has 0 atom stereocenters. The molecule has 0 saturated carbocycles. The van der Waals surface area contributed by atoms with Gasteiger partial charge in [-0.3, -0.25) is 9.63 Å². The summed E-state index contributed by atoms with van der Waals surface area (Å²) in [6.45, 7) is 2.05. The number of pyridine rings is 1. The van der Waals surface area contributed by atoms with Crippen LogP contribution in [0.2, 0.25) is 0 Å². The number of aryl methyl sites for hydroxylation is 2. The Balaban J connectivity index is 1.86. The Bertz CT molecular complexity index is 910. The summed E-state index contributed by atoms with van der Waals surface area (Å²) in [5.74, 6) is -0.294. The fraction of sp³-hybridized carbons (Fsp3) is 0.333. The number of hydrogen-bond acceptors (Lipinski definition) is 3. The van der Waals surface area contributed by atoms with Crippen LogP contribution in [0.5, 0.6) is 0 Å². The fourth-order valence-electron chi connectivity index (χ4n) is 4.07. The van der Waals surface area contributed by atoms with Crippen LogP contribution in [0.3, 0.4) is 0 Å². The third kappa shape index (κ3) is 3.04. The van der Waals surface area contributed by atoms with Crippen LogP contribution in [-0.4, -0.2) is 28.6 Å². The maximum atomic E-state index is 12.6. The molecule has 0 unspecified atom stereocenters. The molecule has 26 heavy (non-hydrogen) atoms. The average Bonchev–Trinajstić information content (AvgIpc) is 2.79. The number of aromatic nitrogens is 1. The van der Waals surface area contributed by atoms with Crippen molar-refractivity contribution in [3.63, 3.8) is 0 Å². The van der Waals surface area contributed by atoms with Gasteiger partial charge in [-0.2, -0.15) is 0 Å². The van der Waals surface area contributed by atoms with E-state index >= 15 is 0 Å². The van der Waals surface area contributed by atoms with Gasteiger partial charge in [0.05, 0.1) is 25.7 Å². The van der Waals surface area contributed by atoms with Crippen molar-refractivity contribution in [1.82, 2.24) is 4.98 Å². The third-order valence-corrected chi connectivity index (χ3v) is 6.10. The van der Waals surface area contributed by atoms with Gasteiger partial charge in [-0.1, -0.05) is 28.1 Å². The lowest BCUT2D eigenvalue weighted by Gasteiger charge is -2.43. The molecule has 1 aliphatic heterocycles. The number of carbonyl (C=O) groups excluding carboxylic acids is 1. The molecule has 1 amide bonds. The van der Waals surface area contributed by atoms with Gasteiger partial charge in [0.2, 0.25) is 0 Å². The van der Waals surface area contributed by atoms with Crippen molar-refractivity contribution in [3.05, 3.63) is 74.2 Å². The van der Waals surface area contributed by atoms with E-state index in [4.69, 9.17) is 4.98 Å². The summed E-state index contributed by atoms with van der Waals surface area (Å²) in [6.07, 6.45) is 5.06. The van der Waals surface area contributed by atoms with Gasteiger partial charge in [0.15, 0.2) is 0 Å². The first-order valence-corrected chi connectivity index (χ1v) is 9.81. The van der Waals surface area contributed by atoms with E-state index in [0.29, 0.717) is 25.9 Å². The van der Waals surface area contributed by atoms with E-state index in [1.807, 2.05) is 12.3 Å². The summed E-state index contributed by atoms with van der Waals surface area (Å²) in [6, 6.07) is 10.6. The van der Waals surface area contributed by atoms with E-state index in [-0.39, 0.29) is 5.91 Å². The van der Waals surface area contributed by atoms with Crippen LogP contribution in [0.15, 0.2) is 46.6 Å². The highest BCUT2D eigenvalue weighted by Gasteiger charge is 2.31. The van der Waals surface area contributed by atoms with Crippen molar-refractivity contribution in [2.75, 3.05) is 13.1 Å². The van der Waals surface area contributed by atoms with E-state index in [9.17, 15) is 10.0 Å². The molecule has 2 aromatic rings. The molecular weight excluding hydrogens is 392 g/mol. The predicted molar refractivity (Wildman–Crippen MR) is 105 cm³/mol. The van der Waals surface area contributed by atoms with Crippen LogP contribution in [0, 0.1) is 5.21 Å². The Kier molecular flexibility index (Phi) is 4.55. The van der Waals surface area contributed by atoms with Crippen LogP contribution in [-0.2, 0) is 17.6 Å². The van der Waals surface area contributed by atoms with Crippen molar-refractivity contribution in [3.8, 4) is 0 Å². The number of amides is 1. The van der Waals surface area contributed by atoms with Crippen molar-refractivity contribution in [2.45, 2.75) is 32.6 Å². The summed E-state index contributed by atoms with van der Waals surface area (Å²) in [4.78, 5) is 16.4. The van der Waals surface area contributed by atoms with Gasteiger partial charge in [-0.15, -0.1) is 0 Å². The fourth-order valence-corrected chi connectivity index (χ4v) is 4.47. The van der Waals surface area contributed by atoms with E-state index in [1.54, 1.807) is 0 Å². The molecule has 5 heteroatoms. The Morgan fingerprint density at radius 3 is 2.58 bits per heavy atom. The van der Waals surface area contributed by atoms with Gasteiger partial charge < -0.3 is 5.21 Å². The van der Waals surface area contributed by atoms with Crippen LogP contribution in [0.4, 0.5) is 0 Å². The molecule has 1 saturated heterocycles. The highest BCUT2D eigenvalue weighted by molar-refractivity contribution is 9.10. The second kappa shape index (κ2) is 6.72. The van der Waals surface area contributed by atoms with Crippen LogP contribution < -0.4 is 0 Å². The normalized spacial score (nSPS) is 22.4. The molecular formula is C21H21BrN2O2.